The largest absolute Gasteiger partial charge is 0.386 e. The summed E-state index contributed by atoms with van der Waals surface area (Å²) in [5.74, 6) is -0.202. The van der Waals surface area contributed by atoms with E-state index < -0.39 is 0 Å². The van der Waals surface area contributed by atoms with Gasteiger partial charge in [0.15, 0.2) is 6.61 Å². The van der Waals surface area contributed by atoms with Crippen molar-refractivity contribution in [3.8, 4) is 0 Å². The maximum absolute atomic E-state index is 11.9. The van der Waals surface area contributed by atoms with Crippen molar-refractivity contribution >= 4 is 62.5 Å². The van der Waals surface area contributed by atoms with Gasteiger partial charge in [-0.1, -0.05) is 63.3 Å². The van der Waals surface area contributed by atoms with Crippen molar-refractivity contribution in [2.24, 2.45) is 10.6 Å². The third-order valence-corrected chi connectivity index (χ3v) is 6.73. The summed E-state index contributed by atoms with van der Waals surface area (Å²) in [6.45, 7) is 8.01. The lowest BCUT2D eigenvalue weighted by Crippen LogP contribution is -2.29. The van der Waals surface area contributed by atoms with Gasteiger partial charge in [0.1, 0.15) is 0 Å². The summed E-state index contributed by atoms with van der Waals surface area (Å²) in [7, 11) is 0. The Kier molecular flexibility index (Phi) is 8.09. The predicted molar refractivity (Wildman–Crippen MR) is 109 cm³/mol. The third-order valence-electron chi connectivity index (χ3n) is 3.37. The van der Waals surface area contributed by atoms with E-state index in [1.165, 1.54) is 0 Å². The molecule has 0 saturated carbocycles. The minimum absolute atomic E-state index is 0.00521. The molecule has 22 heavy (non-hydrogen) atoms. The molecule has 0 atom stereocenters. The second kappa shape index (κ2) is 9.05. The normalized spacial score (nSPS) is 12.2. The fourth-order valence-electron chi connectivity index (χ4n) is 1.77. The highest BCUT2D eigenvalue weighted by Crippen LogP contribution is 2.25. The standard InChI is InChI=1S/C16H22I2N2O2/c1-11-5-12(2)7-14(6-11)19-15(21)8-22-20-13(3)16(4,9-17)10-18/h5-7H,8-10H2,1-4H3,(H,19,21). The highest BCUT2D eigenvalue weighted by atomic mass is 127. The molecule has 1 aromatic carbocycles. The molecule has 4 nitrogen and oxygen atoms in total. The van der Waals surface area contributed by atoms with Crippen molar-refractivity contribution in [2.75, 3.05) is 20.8 Å². The number of hydrogen-bond acceptors (Lipinski definition) is 3. The van der Waals surface area contributed by atoms with E-state index in [0.29, 0.717) is 0 Å². The smallest absolute Gasteiger partial charge is 0.265 e. The first-order valence-corrected chi connectivity index (χ1v) is 10.0. The van der Waals surface area contributed by atoms with Crippen molar-refractivity contribution in [1.29, 1.82) is 0 Å². The van der Waals surface area contributed by atoms with E-state index in [0.717, 1.165) is 31.4 Å². The van der Waals surface area contributed by atoms with E-state index in [2.05, 4.69) is 68.6 Å². The van der Waals surface area contributed by atoms with E-state index in [9.17, 15) is 4.79 Å². The first-order valence-electron chi connectivity index (χ1n) is 6.98. The van der Waals surface area contributed by atoms with Gasteiger partial charge in [-0.25, -0.2) is 0 Å². The maximum atomic E-state index is 11.9. The predicted octanol–water partition coefficient (Wildman–Crippen LogP) is 4.51. The number of oxime groups is 1. The van der Waals surface area contributed by atoms with Gasteiger partial charge in [0.05, 0.1) is 5.71 Å². The number of carbonyl (C=O) groups excluding carboxylic acids is 1. The summed E-state index contributed by atoms with van der Waals surface area (Å²) in [5.41, 5.74) is 3.94. The van der Waals surface area contributed by atoms with Gasteiger partial charge in [0, 0.05) is 20.0 Å². The molecule has 1 aromatic rings. The number of alkyl halides is 2. The van der Waals surface area contributed by atoms with Gasteiger partial charge in [0.25, 0.3) is 5.91 Å². The number of amides is 1. The number of benzene rings is 1. The molecule has 0 aromatic heterocycles. The molecule has 0 radical (unpaired) electrons. The Hall–Kier alpha value is -0.380. The summed E-state index contributed by atoms with van der Waals surface area (Å²) in [5, 5.41) is 6.93. The van der Waals surface area contributed by atoms with Crippen molar-refractivity contribution in [3.05, 3.63) is 29.3 Å². The second-order valence-electron chi connectivity index (χ2n) is 5.70. The SMILES string of the molecule is CC(=NOCC(=O)Nc1cc(C)cc(C)c1)C(C)(CI)CI. The van der Waals surface area contributed by atoms with Crippen molar-refractivity contribution in [1.82, 2.24) is 0 Å². The van der Waals surface area contributed by atoms with E-state index in [-0.39, 0.29) is 17.9 Å². The van der Waals surface area contributed by atoms with Gasteiger partial charge in [0.2, 0.25) is 0 Å². The van der Waals surface area contributed by atoms with E-state index in [1.807, 2.05) is 32.9 Å². The first kappa shape index (κ1) is 19.7. The monoisotopic (exact) mass is 528 g/mol. The lowest BCUT2D eigenvalue weighted by Gasteiger charge is -2.23. The van der Waals surface area contributed by atoms with Gasteiger partial charge in [-0.05, 0) is 44.0 Å². The number of carbonyl (C=O) groups is 1. The summed E-state index contributed by atoms with van der Waals surface area (Å²) >= 11 is 4.69. The van der Waals surface area contributed by atoms with Crippen LogP contribution in [0, 0.1) is 19.3 Å². The van der Waals surface area contributed by atoms with Gasteiger partial charge in [-0.3, -0.25) is 4.79 Å². The van der Waals surface area contributed by atoms with Crippen LogP contribution in [0.15, 0.2) is 23.4 Å². The number of anilines is 1. The highest BCUT2D eigenvalue weighted by Gasteiger charge is 2.25. The Bertz CT molecular complexity index is 535. The maximum Gasteiger partial charge on any atom is 0.265 e. The molecule has 0 unspecified atom stereocenters. The zero-order valence-electron chi connectivity index (χ0n) is 13.4. The zero-order chi connectivity index (χ0) is 16.8. The molecule has 0 bridgehead atoms. The molecule has 0 saturated heterocycles. The number of halogens is 2. The van der Waals surface area contributed by atoms with Gasteiger partial charge in [-0.15, -0.1) is 0 Å². The van der Waals surface area contributed by atoms with Crippen molar-refractivity contribution in [3.63, 3.8) is 0 Å². The Morgan fingerprint density at radius 3 is 2.27 bits per heavy atom. The Morgan fingerprint density at radius 2 is 1.77 bits per heavy atom. The Morgan fingerprint density at radius 1 is 1.23 bits per heavy atom. The van der Waals surface area contributed by atoms with Crippen LogP contribution in [-0.4, -0.2) is 27.1 Å². The second-order valence-corrected chi connectivity index (χ2v) is 7.23. The van der Waals surface area contributed by atoms with Crippen molar-refractivity contribution in [2.45, 2.75) is 27.7 Å². The topological polar surface area (TPSA) is 50.7 Å². The molecule has 0 aliphatic carbocycles. The molecule has 122 valence electrons. The number of aryl methyl sites for hydroxylation is 2. The molecule has 0 aliphatic heterocycles. The summed E-state index contributed by atoms with van der Waals surface area (Å²) in [6, 6.07) is 5.93. The first-order chi connectivity index (χ1) is 10.3. The molecular formula is C16H22I2N2O2. The van der Waals surface area contributed by atoms with Crippen LogP contribution in [0.1, 0.15) is 25.0 Å². The van der Waals surface area contributed by atoms with E-state index >= 15 is 0 Å². The minimum Gasteiger partial charge on any atom is -0.386 e. The molecule has 6 heteroatoms. The van der Waals surface area contributed by atoms with Crippen LogP contribution < -0.4 is 5.32 Å². The molecule has 0 heterocycles. The molecule has 1 amide bonds. The molecule has 1 N–H and O–H groups in total. The van der Waals surface area contributed by atoms with Gasteiger partial charge < -0.3 is 10.2 Å². The van der Waals surface area contributed by atoms with Crippen LogP contribution in [0.25, 0.3) is 0 Å². The number of nitrogens with one attached hydrogen (secondary N) is 1. The van der Waals surface area contributed by atoms with Crippen LogP contribution >= 0.6 is 45.2 Å². The fraction of sp³-hybridized carbons (Fsp3) is 0.500. The molecule has 1 rings (SSSR count). The third kappa shape index (κ3) is 6.02. The van der Waals surface area contributed by atoms with Gasteiger partial charge in [-0.2, -0.15) is 0 Å². The summed E-state index contributed by atoms with van der Waals surface area (Å²) in [4.78, 5) is 17.1. The van der Waals surface area contributed by atoms with Crippen LogP contribution in [0.3, 0.4) is 0 Å². The molecule has 0 aliphatic rings. The Labute approximate surface area is 159 Å². The van der Waals surface area contributed by atoms with Gasteiger partial charge >= 0.3 is 0 Å². The van der Waals surface area contributed by atoms with E-state index in [1.54, 1.807) is 0 Å². The van der Waals surface area contributed by atoms with Crippen LogP contribution in [0.2, 0.25) is 0 Å². The van der Waals surface area contributed by atoms with Crippen LogP contribution in [-0.2, 0) is 9.63 Å². The molecule has 0 spiro atoms. The van der Waals surface area contributed by atoms with E-state index in [4.69, 9.17) is 4.84 Å². The number of hydrogen-bond donors (Lipinski definition) is 1. The number of rotatable bonds is 7. The molecular weight excluding hydrogens is 506 g/mol. The van der Waals surface area contributed by atoms with Crippen LogP contribution in [0.5, 0.6) is 0 Å². The lowest BCUT2D eigenvalue weighted by atomic mass is 9.91. The average Bonchev–Trinajstić information content (AvgIpc) is 2.45. The lowest BCUT2D eigenvalue weighted by molar-refractivity contribution is -0.120. The highest BCUT2D eigenvalue weighted by molar-refractivity contribution is 14.1. The number of nitrogens with zero attached hydrogens (tertiary/aromatic N) is 1. The fourth-order valence-corrected chi connectivity index (χ4v) is 4.45. The summed E-state index contributed by atoms with van der Waals surface area (Å²) < 4.78 is 1.92. The quantitative estimate of drug-likeness (QED) is 0.245. The molecule has 0 fully saturated rings. The zero-order valence-corrected chi connectivity index (χ0v) is 17.7. The average molecular weight is 528 g/mol. The van der Waals surface area contributed by atoms with Crippen molar-refractivity contribution < 1.29 is 9.63 Å². The Balaban J connectivity index is 2.56. The van der Waals surface area contributed by atoms with Crippen LogP contribution in [0.4, 0.5) is 5.69 Å². The minimum atomic E-state index is -0.202. The summed E-state index contributed by atoms with van der Waals surface area (Å²) in [6.07, 6.45) is 0.